The Bertz CT molecular complexity index is 589. The fraction of sp³-hybridized carbons (Fsp3) is 0.400. The van der Waals surface area contributed by atoms with E-state index in [-0.39, 0.29) is 5.69 Å². The van der Waals surface area contributed by atoms with Crippen molar-refractivity contribution in [3.05, 3.63) is 31.9 Å². The molecule has 0 aliphatic heterocycles. The molecule has 18 heavy (non-hydrogen) atoms. The maximum absolute atomic E-state index is 11.0. The molecule has 7 nitrogen and oxygen atoms in total. The molecule has 0 radical (unpaired) electrons. The van der Waals surface area contributed by atoms with Crippen LogP contribution in [0.5, 0.6) is 0 Å². The minimum Gasteiger partial charge on any atom is -0.360 e. The van der Waals surface area contributed by atoms with Crippen LogP contribution < -0.4 is 5.32 Å². The summed E-state index contributed by atoms with van der Waals surface area (Å²) in [6.07, 6.45) is 0. The fourth-order valence-electron chi connectivity index (χ4n) is 1.72. The summed E-state index contributed by atoms with van der Waals surface area (Å²) in [6.45, 7) is 4.05. The SMILES string of the molecule is Cc1ncsc1CNc1c([N+](=O)[O-])c(C)nn1C. The summed E-state index contributed by atoms with van der Waals surface area (Å²) in [5.74, 6) is 0.422. The molecule has 0 saturated carbocycles. The number of thiazole rings is 1. The molecule has 2 aromatic heterocycles. The smallest absolute Gasteiger partial charge is 0.333 e. The summed E-state index contributed by atoms with van der Waals surface area (Å²) in [5, 5.41) is 18.1. The predicted octanol–water partition coefficient (Wildman–Crippen LogP) is 2.01. The van der Waals surface area contributed by atoms with Crippen molar-refractivity contribution in [2.45, 2.75) is 20.4 Å². The van der Waals surface area contributed by atoms with Crippen LogP contribution in [0, 0.1) is 24.0 Å². The summed E-state index contributed by atoms with van der Waals surface area (Å²) < 4.78 is 1.49. The van der Waals surface area contributed by atoms with Gasteiger partial charge in [0.1, 0.15) is 5.69 Å². The van der Waals surface area contributed by atoms with Crippen molar-refractivity contribution in [3.63, 3.8) is 0 Å². The quantitative estimate of drug-likeness (QED) is 0.676. The zero-order chi connectivity index (χ0) is 13.3. The molecular formula is C10H13N5O2S. The second-order valence-electron chi connectivity index (χ2n) is 3.88. The van der Waals surface area contributed by atoms with E-state index in [4.69, 9.17) is 0 Å². The monoisotopic (exact) mass is 267 g/mol. The standard InChI is InChI=1S/C10H13N5O2S/c1-6-8(18-5-12-6)4-11-10-9(15(16)17)7(2)13-14(10)3/h5,11H,4H2,1-3H3. The topological polar surface area (TPSA) is 85.9 Å². The van der Waals surface area contributed by atoms with E-state index in [1.54, 1.807) is 19.5 Å². The van der Waals surface area contributed by atoms with Gasteiger partial charge in [-0.3, -0.25) is 10.1 Å². The Morgan fingerprint density at radius 1 is 1.50 bits per heavy atom. The molecule has 0 unspecified atom stereocenters. The van der Waals surface area contributed by atoms with E-state index in [1.807, 2.05) is 6.92 Å². The first kappa shape index (κ1) is 12.5. The number of nitro groups is 1. The second kappa shape index (κ2) is 4.73. The van der Waals surface area contributed by atoms with Gasteiger partial charge >= 0.3 is 5.69 Å². The third kappa shape index (κ3) is 2.19. The number of aromatic nitrogens is 3. The van der Waals surface area contributed by atoms with Crippen LogP contribution in [-0.4, -0.2) is 19.7 Å². The van der Waals surface area contributed by atoms with Crippen LogP contribution in [0.2, 0.25) is 0 Å². The van der Waals surface area contributed by atoms with E-state index < -0.39 is 4.92 Å². The fourth-order valence-corrected chi connectivity index (χ4v) is 2.44. The summed E-state index contributed by atoms with van der Waals surface area (Å²) in [4.78, 5) is 15.8. The summed E-state index contributed by atoms with van der Waals surface area (Å²) in [7, 11) is 1.68. The Morgan fingerprint density at radius 2 is 2.22 bits per heavy atom. The molecule has 0 saturated heterocycles. The van der Waals surface area contributed by atoms with Crippen molar-refractivity contribution in [1.82, 2.24) is 14.8 Å². The molecule has 0 aromatic carbocycles. The minimum absolute atomic E-state index is 0.0275. The molecule has 2 heterocycles. The molecule has 8 heteroatoms. The Kier molecular flexibility index (Phi) is 3.28. The van der Waals surface area contributed by atoms with E-state index in [9.17, 15) is 10.1 Å². The first-order valence-electron chi connectivity index (χ1n) is 5.31. The van der Waals surface area contributed by atoms with Crippen LogP contribution in [-0.2, 0) is 13.6 Å². The van der Waals surface area contributed by atoms with E-state index >= 15 is 0 Å². The Labute approximate surface area is 108 Å². The van der Waals surface area contributed by atoms with Crippen LogP contribution in [0.25, 0.3) is 0 Å². The molecule has 0 aliphatic carbocycles. The molecule has 0 aliphatic rings. The van der Waals surface area contributed by atoms with Crippen LogP contribution >= 0.6 is 11.3 Å². The molecular weight excluding hydrogens is 254 g/mol. The molecule has 96 valence electrons. The maximum atomic E-state index is 11.0. The van der Waals surface area contributed by atoms with Gasteiger partial charge in [-0.25, -0.2) is 9.67 Å². The van der Waals surface area contributed by atoms with E-state index in [0.29, 0.717) is 18.1 Å². The number of nitrogens with zero attached hydrogens (tertiary/aromatic N) is 4. The highest BCUT2D eigenvalue weighted by Crippen LogP contribution is 2.28. The Morgan fingerprint density at radius 3 is 2.78 bits per heavy atom. The van der Waals surface area contributed by atoms with Gasteiger partial charge in [0.05, 0.1) is 22.7 Å². The molecule has 2 rings (SSSR count). The van der Waals surface area contributed by atoms with Gasteiger partial charge in [0.25, 0.3) is 0 Å². The summed E-state index contributed by atoms with van der Waals surface area (Å²) >= 11 is 1.52. The second-order valence-corrected chi connectivity index (χ2v) is 4.82. The number of hydrogen-bond donors (Lipinski definition) is 1. The highest BCUT2D eigenvalue weighted by molar-refractivity contribution is 7.09. The summed E-state index contributed by atoms with van der Waals surface area (Å²) in [6, 6.07) is 0. The lowest BCUT2D eigenvalue weighted by atomic mass is 10.3. The lowest BCUT2D eigenvalue weighted by Gasteiger charge is -2.04. The first-order valence-corrected chi connectivity index (χ1v) is 6.19. The maximum Gasteiger partial charge on any atom is 0.333 e. The Balaban J connectivity index is 2.24. The van der Waals surface area contributed by atoms with E-state index in [1.165, 1.54) is 16.0 Å². The largest absolute Gasteiger partial charge is 0.360 e. The van der Waals surface area contributed by atoms with Crippen molar-refractivity contribution in [3.8, 4) is 0 Å². The molecule has 0 fully saturated rings. The van der Waals surface area contributed by atoms with Crippen molar-refractivity contribution >= 4 is 22.8 Å². The van der Waals surface area contributed by atoms with Gasteiger partial charge in [0.15, 0.2) is 0 Å². The molecule has 2 aromatic rings. The Hall–Kier alpha value is -1.96. The lowest BCUT2D eigenvalue weighted by Crippen LogP contribution is -2.06. The lowest BCUT2D eigenvalue weighted by molar-refractivity contribution is -0.384. The van der Waals surface area contributed by atoms with Crippen molar-refractivity contribution in [2.75, 3.05) is 5.32 Å². The van der Waals surface area contributed by atoms with Crippen molar-refractivity contribution in [2.24, 2.45) is 7.05 Å². The number of hydrogen-bond acceptors (Lipinski definition) is 6. The van der Waals surface area contributed by atoms with Crippen molar-refractivity contribution < 1.29 is 4.92 Å². The molecule has 1 N–H and O–H groups in total. The number of aryl methyl sites for hydroxylation is 3. The third-order valence-electron chi connectivity index (χ3n) is 2.63. The molecule has 0 spiro atoms. The first-order chi connectivity index (χ1) is 8.50. The van der Waals surface area contributed by atoms with Crippen LogP contribution in [0.3, 0.4) is 0 Å². The van der Waals surface area contributed by atoms with Gasteiger partial charge < -0.3 is 5.32 Å². The molecule has 0 amide bonds. The molecule has 0 atom stereocenters. The van der Waals surface area contributed by atoms with Gasteiger partial charge in [-0.1, -0.05) is 0 Å². The number of rotatable bonds is 4. The highest BCUT2D eigenvalue weighted by Gasteiger charge is 2.23. The van der Waals surface area contributed by atoms with Gasteiger partial charge in [-0.05, 0) is 13.8 Å². The minimum atomic E-state index is -0.413. The van der Waals surface area contributed by atoms with Crippen LogP contribution in [0.1, 0.15) is 16.3 Å². The molecule has 0 bridgehead atoms. The third-order valence-corrected chi connectivity index (χ3v) is 3.57. The van der Waals surface area contributed by atoms with Gasteiger partial charge in [0, 0.05) is 11.9 Å². The zero-order valence-corrected chi connectivity index (χ0v) is 11.1. The average Bonchev–Trinajstić information content (AvgIpc) is 2.79. The number of nitrogens with one attached hydrogen (secondary N) is 1. The average molecular weight is 267 g/mol. The van der Waals surface area contributed by atoms with Crippen molar-refractivity contribution in [1.29, 1.82) is 0 Å². The van der Waals surface area contributed by atoms with Gasteiger partial charge in [-0.15, -0.1) is 11.3 Å². The van der Waals surface area contributed by atoms with E-state index in [2.05, 4.69) is 15.4 Å². The van der Waals surface area contributed by atoms with Gasteiger partial charge in [-0.2, -0.15) is 5.10 Å². The summed E-state index contributed by atoms with van der Waals surface area (Å²) in [5.41, 5.74) is 3.13. The predicted molar refractivity (Wildman–Crippen MR) is 68.8 cm³/mol. The zero-order valence-electron chi connectivity index (χ0n) is 10.3. The van der Waals surface area contributed by atoms with Gasteiger partial charge in [0.2, 0.25) is 5.82 Å². The van der Waals surface area contributed by atoms with Crippen LogP contribution in [0.15, 0.2) is 5.51 Å². The van der Waals surface area contributed by atoms with Crippen LogP contribution in [0.4, 0.5) is 11.5 Å². The van der Waals surface area contributed by atoms with E-state index in [0.717, 1.165) is 10.6 Å². The normalized spacial score (nSPS) is 10.6. The highest BCUT2D eigenvalue weighted by atomic mass is 32.1. The number of anilines is 1.